The number of pyridine rings is 1. The summed E-state index contributed by atoms with van der Waals surface area (Å²) in [5.74, 6) is -0.0563. The number of rotatable bonds is 6. The van der Waals surface area contributed by atoms with Gasteiger partial charge in [-0.1, -0.05) is 6.92 Å². The van der Waals surface area contributed by atoms with Crippen molar-refractivity contribution >= 4 is 12.1 Å². The van der Waals surface area contributed by atoms with E-state index in [9.17, 15) is 9.59 Å². The molecule has 0 fully saturated rings. The molecule has 7 nitrogen and oxygen atoms in total. The standard InChI is InChI=1S/C16H24N2O5/c1-6-12(18-15(20)23-16(2,3)4)10-22-13-7-11(8-17-9-13)14(19)21-5/h7-9,12H,6,10H2,1-5H3,(H,18,20)/t12-/m0/s1. The highest BCUT2D eigenvalue weighted by molar-refractivity contribution is 5.89. The van der Waals surface area contributed by atoms with Gasteiger partial charge in [-0.15, -0.1) is 0 Å². The summed E-state index contributed by atoms with van der Waals surface area (Å²) in [6, 6.07) is 1.32. The van der Waals surface area contributed by atoms with E-state index in [1.807, 2.05) is 6.92 Å². The minimum absolute atomic E-state index is 0.216. The minimum atomic E-state index is -0.554. The van der Waals surface area contributed by atoms with Crippen LogP contribution in [0.15, 0.2) is 18.5 Å². The predicted molar refractivity (Wildman–Crippen MR) is 84.5 cm³/mol. The first-order valence-electron chi connectivity index (χ1n) is 7.41. The van der Waals surface area contributed by atoms with Crippen LogP contribution in [0, 0.1) is 0 Å². The summed E-state index contributed by atoms with van der Waals surface area (Å²) in [7, 11) is 1.30. The Morgan fingerprint density at radius 1 is 1.30 bits per heavy atom. The van der Waals surface area contributed by atoms with E-state index >= 15 is 0 Å². The number of methoxy groups -OCH3 is 1. The number of carbonyl (C=O) groups is 2. The van der Waals surface area contributed by atoms with E-state index in [2.05, 4.69) is 15.0 Å². The van der Waals surface area contributed by atoms with E-state index in [-0.39, 0.29) is 12.6 Å². The molecule has 0 aliphatic rings. The Morgan fingerprint density at radius 3 is 2.57 bits per heavy atom. The van der Waals surface area contributed by atoms with Crippen molar-refractivity contribution in [3.8, 4) is 5.75 Å². The Bertz CT molecular complexity index is 540. The van der Waals surface area contributed by atoms with Gasteiger partial charge in [0.05, 0.1) is 24.9 Å². The molecule has 1 N–H and O–H groups in total. The molecule has 0 aromatic carbocycles. The summed E-state index contributed by atoms with van der Waals surface area (Å²) in [6.07, 6.45) is 3.07. The van der Waals surface area contributed by atoms with E-state index in [1.165, 1.54) is 19.5 Å². The first-order chi connectivity index (χ1) is 10.7. The third kappa shape index (κ3) is 6.99. The Labute approximate surface area is 136 Å². The molecule has 1 aromatic rings. The van der Waals surface area contributed by atoms with Gasteiger partial charge in [0, 0.05) is 6.20 Å². The lowest BCUT2D eigenvalue weighted by Crippen LogP contribution is -2.41. The molecule has 1 amide bonds. The molecule has 0 aliphatic heterocycles. The van der Waals surface area contributed by atoms with Crippen molar-refractivity contribution < 1.29 is 23.8 Å². The van der Waals surface area contributed by atoms with Crippen LogP contribution in [-0.4, -0.2) is 42.4 Å². The van der Waals surface area contributed by atoms with Gasteiger partial charge in [-0.05, 0) is 33.3 Å². The zero-order valence-corrected chi connectivity index (χ0v) is 14.2. The molecule has 128 valence electrons. The molecule has 0 radical (unpaired) electrons. The summed E-state index contributed by atoms with van der Waals surface area (Å²) in [4.78, 5) is 27.1. The van der Waals surface area contributed by atoms with E-state index in [4.69, 9.17) is 9.47 Å². The number of amides is 1. The molecule has 1 rings (SSSR count). The highest BCUT2D eigenvalue weighted by Gasteiger charge is 2.19. The van der Waals surface area contributed by atoms with Crippen LogP contribution in [0.5, 0.6) is 5.75 Å². The smallest absolute Gasteiger partial charge is 0.407 e. The third-order valence-corrected chi connectivity index (χ3v) is 2.80. The second-order valence-corrected chi connectivity index (χ2v) is 5.96. The second-order valence-electron chi connectivity index (χ2n) is 5.96. The van der Waals surface area contributed by atoms with Gasteiger partial charge in [0.15, 0.2) is 0 Å². The molecule has 0 spiro atoms. The topological polar surface area (TPSA) is 86.8 Å². The van der Waals surface area contributed by atoms with Crippen molar-refractivity contribution in [1.82, 2.24) is 10.3 Å². The Hall–Kier alpha value is -2.31. The molecular weight excluding hydrogens is 300 g/mol. The molecule has 23 heavy (non-hydrogen) atoms. The van der Waals surface area contributed by atoms with E-state index in [1.54, 1.807) is 26.8 Å². The quantitative estimate of drug-likeness (QED) is 0.809. The van der Waals surface area contributed by atoms with Crippen LogP contribution in [0.25, 0.3) is 0 Å². The lowest BCUT2D eigenvalue weighted by Gasteiger charge is -2.23. The van der Waals surface area contributed by atoms with Crippen LogP contribution >= 0.6 is 0 Å². The van der Waals surface area contributed by atoms with Crippen molar-refractivity contribution in [2.75, 3.05) is 13.7 Å². The third-order valence-electron chi connectivity index (χ3n) is 2.80. The molecule has 1 atom stereocenters. The molecule has 0 bridgehead atoms. The number of ether oxygens (including phenoxy) is 3. The monoisotopic (exact) mass is 324 g/mol. The van der Waals surface area contributed by atoms with Crippen LogP contribution in [0.4, 0.5) is 4.79 Å². The zero-order valence-electron chi connectivity index (χ0n) is 14.2. The van der Waals surface area contributed by atoms with Crippen LogP contribution in [0.3, 0.4) is 0 Å². The number of nitrogens with one attached hydrogen (secondary N) is 1. The number of alkyl carbamates (subject to hydrolysis) is 1. The average Bonchev–Trinajstić information content (AvgIpc) is 2.49. The molecule has 1 heterocycles. The van der Waals surface area contributed by atoms with Gasteiger partial charge in [-0.25, -0.2) is 9.59 Å². The first kappa shape index (κ1) is 18.7. The summed E-state index contributed by atoms with van der Waals surface area (Å²) < 4.78 is 15.4. The van der Waals surface area contributed by atoms with E-state index < -0.39 is 17.7 Å². The fraction of sp³-hybridized carbons (Fsp3) is 0.562. The van der Waals surface area contributed by atoms with Crippen LogP contribution in [0.1, 0.15) is 44.5 Å². The highest BCUT2D eigenvalue weighted by atomic mass is 16.6. The molecule has 1 aromatic heterocycles. The maximum Gasteiger partial charge on any atom is 0.407 e. The summed E-state index contributed by atoms with van der Waals surface area (Å²) >= 11 is 0. The fourth-order valence-electron chi connectivity index (χ4n) is 1.66. The lowest BCUT2D eigenvalue weighted by molar-refractivity contribution is 0.0486. The van der Waals surface area contributed by atoms with Gasteiger partial charge < -0.3 is 19.5 Å². The van der Waals surface area contributed by atoms with Crippen molar-refractivity contribution in [1.29, 1.82) is 0 Å². The fourth-order valence-corrected chi connectivity index (χ4v) is 1.66. The maximum absolute atomic E-state index is 11.8. The number of aromatic nitrogens is 1. The van der Waals surface area contributed by atoms with Crippen LogP contribution < -0.4 is 10.1 Å². The van der Waals surface area contributed by atoms with Gasteiger partial charge in [-0.3, -0.25) is 4.98 Å². The number of nitrogens with zero attached hydrogens (tertiary/aromatic N) is 1. The van der Waals surface area contributed by atoms with E-state index in [0.717, 1.165) is 0 Å². The molecule has 0 saturated carbocycles. The average molecular weight is 324 g/mol. The zero-order chi connectivity index (χ0) is 17.5. The summed E-state index contributed by atoms with van der Waals surface area (Å²) in [6.45, 7) is 7.56. The SMILES string of the molecule is CC[C@@H](COc1cncc(C(=O)OC)c1)NC(=O)OC(C)(C)C. The largest absolute Gasteiger partial charge is 0.490 e. The maximum atomic E-state index is 11.8. The van der Waals surface area contributed by atoms with Crippen molar-refractivity contribution in [3.05, 3.63) is 24.0 Å². The van der Waals surface area contributed by atoms with Crippen molar-refractivity contribution in [2.24, 2.45) is 0 Å². The number of hydrogen-bond donors (Lipinski definition) is 1. The molecule has 0 saturated heterocycles. The number of carbonyl (C=O) groups excluding carboxylic acids is 2. The van der Waals surface area contributed by atoms with Gasteiger partial charge in [0.25, 0.3) is 0 Å². The highest BCUT2D eigenvalue weighted by Crippen LogP contribution is 2.13. The predicted octanol–water partition coefficient (Wildman–Crippen LogP) is 2.55. The first-order valence-corrected chi connectivity index (χ1v) is 7.41. The normalized spacial score (nSPS) is 12.2. The number of esters is 1. The van der Waals surface area contributed by atoms with Gasteiger partial charge in [0.2, 0.25) is 0 Å². The summed E-state index contributed by atoms with van der Waals surface area (Å²) in [5.41, 5.74) is -0.250. The lowest BCUT2D eigenvalue weighted by atomic mass is 10.2. The molecule has 7 heteroatoms. The molecule has 0 aliphatic carbocycles. The van der Waals surface area contributed by atoms with Crippen molar-refractivity contribution in [2.45, 2.75) is 45.8 Å². The second kappa shape index (κ2) is 8.36. The molecule has 0 unspecified atom stereocenters. The van der Waals surface area contributed by atoms with Gasteiger partial charge in [-0.2, -0.15) is 0 Å². The minimum Gasteiger partial charge on any atom is -0.490 e. The Morgan fingerprint density at radius 2 is 2.00 bits per heavy atom. The Kier molecular flexibility index (Phi) is 6.81. The van der Waals surface area contributed by atoms with Crippen LogP contribution in [-0.2, 0) is 9.47 Å². The Balaban J connectivity index is 2.57. The van der Waals surface area contributed by atoms with Gasteiger partial charge in [0.1, 0.15) is 18.0 Å². The van der Waals surface area contributed by atoms with Crippen molar-refractivity contribution in [3.63, 3.8) is 0 Å². The van der Waals surface area contributed by atoms with Gasteiger partial charge >= 0.3 is 12.1 Å². The van der Waals surface area contributed by atoms with Crippen LogP contribution in [0.2, 0.25) is 0 Å². The molecular formula is C16H24N2O5. The number of hydrogen-bond acceptors (Lipinski definition) is 6. The van der Waals surface area contributed by atoms with E-state index in [0.29, 0.717) is 17.7 Å². The summed E-state index contributed by atoms with van der Waals surface area (Å²) in [5, 5.41) is 2.74.